The highest BCUT2D eigenvalue weighted by Gasteiger charge is 2.24. The van der Waals surface area contributed by atoms with Gasteiger partial charge in [0.15, 0.2) is 0 Å². The first-order valence-corrected chi connectivity index (χ1v) is 6.95. The second kappa shape index (κ2) is 5.78. The van der Waals surface area contributed by atoms with Gasteiger partial charge in [-0.25, -0.2) is 0 Å². The second-order valence-corrected chi connectivity index (χ2v) is 5.64. The molecule has 0 saturated carbocycles. The highest BCUT2D eigenvalue weighted by molar-refractivity contribution is 9.10. The molecule has 17 heavy (non-hydrogen) atoms. The summed E-state index contributed by atoms with van der Waals surface area (Å²) in [6.07, 6.45) is 3.13. The van der Waals surface area contributed by atoms with Crippen molar-refractivity contribution in [3.8, 4) is 0 Å². The van der Waals surface area contributed by atoms with Crippen LogP contribution in [0.5, 0.6) is 0 Å². The fourth-order valence-electron chi connectivity index (χ4n) is 2.50. The molecule has 0 spiro atoms. The molecule has 1 heterocycles. The van der Waals surface area contributed by atoms with E-state index < -0.39 is 0 Å². The number of benzene rings is 1. The van der Waals surface area contributed by atoms with E-state index in [2.05, 4.69) is 33.0 Å². The van der Waals surface area contributed by atoms with E-state index in [-0.39, 0.29) is 11.8 Å². The number of hydrogen-bond donors (Lipinski definition) is 0. The third-order valence-electron chi connectivity index (χ3n) is 3.30. The molecule has 2 rings (SSSR count). The van der Waals surface area contributed by atoms with Crippen molar-refractivity contribution >= 4 is 21.7 Å². The zero-order valence-electron chi connectivity index (χ0n) is 10.2. The van der Waals surface area contributed by atoms with Crippen molar-refractivity contribution in [2.45, 2.75) is 32.2 Å². The normalized spacial score (nSPS) is 18.2. The van der Waals surface area contributed by atoms with E-state index in [1.807, 2.05) is 12.1 Å². The smallest absolute Gasteiger partial charge is 0.131 e. The summed E-state index contributed by atoms with van der Waals surface area (Å²) in [6, 6.07) is 8.58. The fraction of sp³-hybridized carbons (Fsp3) is 0.500. The molecule has 0 radical (unpaired) electrons. The van der Waals surface area contributed by atoms with Crippen molar-refractivity contribution < 1.29 is 4.79 Å². The summed E-state index contributed by atoms with van der Waals surface area (Å²) in [7, 11) is 0. The molecule has 0 aromatic heterocycles. The predicted molar refractivity (Wildman–Crippen MR) is 73.0 cm³/mol. The van der Waals surface area contributed by atoms with Gasteiger partial charge in [0.2, 0.25) is 0 Å². The van der Waals surface area contributed by atoms with Crippen molar-refractivity contribution in [1.82, 2.24) is 4.90 Å². The summed E-state index contributed by atoms with van der Waals surface area (Å²) in [6.45, 7) is 3.91. The van der Waals surface area contributed by atoms with Crippen LogP contribution in [0, 0.1) is 0 Å². The van der Waals surface area contributed by atoms with Gasteiger partial charge in [-0.1, -0.05) is 28.1 Å². The van der Waals surface area contributed by atoms with E-state index in [4.69, 9.17) is 0 Å². The highest BCUT2D eigenvalue weighted by Crippen LogP contribution is 2.29. The summed E-state index contributed by atoms with van der Waals surface area (Å²) < 4.78 is 1.09. The predicted octanol–water partition coefficient (Wildman–Crippen LogP) is 3.57. The molecule has 0 aliphatic carbocycles. The molecule has 3 heteroatoms. The molecule has 92 valence electrons. The van der Waals surface area contributed by atoms with Crippen LogP contribution in [0.2, 0.25) is 0 Å². The number of rotatable bonds is 4. The van der Waals surface area contributed by atoms with Gasteiger partial charge in [-0.15, -0.1) is 0 Å². The number of ketones is 1. The average molecular weight is 296 g/mol. The molecule has 0 N–H and O–H groups in total. The van der Waals surface area contributed by atoms with Crippen LogP contribution in [0.4, 0.5) is 0 Å². The Morgan fingerprint density at radius 3 is 2.71 bits per heavy atom. The molecular formula is C14H18BrNO. The van der Waals surface area contributed by atoms with Crippen LogP contribution >= 0.6 is 15.9 Å². The first-order valence-electron chi connectivity index (χ1n) is 6.16. The maximum Gasteiger partial charge on any atom is 0.131 e. The molecular weight excluding hydrogens is 278 g/mol. The summed E-state index contributed by atoms with van der Waals surface area (Å²) in [5.74, 6) is 0.266. The van der Waals surface area contributed by atoms with Crippen molar-refractivity contribution in [3.05, 3.63) is 34.3 Å². The van der Waals surface area contributed by atoms with Gasteiger partial charge in [-0.2, -0.15) is 0 Å². The summed E-state index contributed by atoms with van der Waals surface area (Å²) in [5, 5.41) is 0. The topological polar surface area (TPSA) is 20.3 Å². The number of carbonyl (C=O) groups is 1. The van der Waals surface area contributed by atoms with Crippen LogP contribution in [0.3, 0.4) is 0 Å². The summed E-state index contributed by atoms with van der Waals surface area (Å²) in [4.78, 5) is 13.9. The maximum atomic E-state index is 11.4. The van der Waals surface area contributed by atoms with Gasteiger partial charge >= 0.3 is 0 Å². The van der Waals surface area contributed by atoms with E-state index in [0.717, 1.165) is 17.6 Å². The van der Waals surface area contributed by atoms with Crippen molar-refractivity contribution in [3.63, 3.8) is 0 Å². The number of Topliss-reactive ketones (excluding diaryl/α,β-unsaturated/α-hetero) is 1. The molecule has 1 unspecified atom stereocenters. The molecule has 1 saturated heterocycles. The van der Waals surface area contributed by atoms with E-state index in [1.54, 1.807) is 6.92 Å². The van der Waals surface area contributed by atoms with E-state index in [0.29, 0.717) is 6.42 Å². The number of carbonyl (C=O) groups excluding carboxylic acids is 1. The molecule has 0 bridgehead atoms. The average Bonchev–Trinajstić information content (AvgIpc) is 2.79. The van der Waals surface area contributed by atoms with Crippen LogP contribution in [0.15, 0.2) is 28.7 Å². The molecule has 1 aliphatic heterocycles. The Morgan fingerprint density at radius 1 is 1.41 bits per heavy atom. The van der Waals surface area contributed by atoms with Crippen LogP contribution < -0.4 is 0 Å². The Labute approximate surface area is 111 Å². The first-order chi connectivity index (χ1) is 8.16. The third kappa shape index (κ3) is 3.39. The van der Waals surface area contributed by atoms with Gasteiger partial charge in [0.25, 0.3) is 0 Å². The van der Waals surface area contributed by atoms with E-state index in [1.165, 1.54) is 18.4 Å². The van der Waals surface area contributed by atoms with E-state index in [9.17, 15) is 4.79 Å². The highest BCUT2D eigenvalue weighted by atomic mass is 79.9. The van der Waals surface area contributed by atoms with Gasteiger partial charge in [-0.05, 0) is 50.6 Å². The fourth-order valence-corrected chi connectivity index (χ4v) is 2.91. The largest absolute Gasteiger partial charge is 0.300 e. The quantitative estimate of drug-likeness (QED) is 0.846. The Bertz CT molecular complexity index is 399. The van der Waals surface area contributed by atoms with Crippen LogP contribution in [-0.2, 0) is 4.79 Å². The van der Waals surface area contributed by atoms with Crippen molar-refractivity contribution in [2.24, 2.45) is 0 Å². The maximum absolute atomic E-state index is 11.4. The number of likely N-dealkylation sites (tertiary alicyclic amines) is 1. The van der Waals surface area contributed by atoms with Gasteiger partial charge in [0.1, 0.15) is 5.78 Å². The monoisotopic (exact) mass is 295 g/mol. The zero-order chi connectivity index (χ0) is 12.3. The SMILES string of the molecule is CC(=O)CC(c1cccc(Br)c1)N1CCCC1. The minimum atomic E-state index is 0.257. The zero-order valence-corrected chi connectivity index (χ0v) is 11.7. The Balaban J connectivity index is 2.22. The molecule has 1 atom stereocenters. The number of nitrogens with zero attached hydrogens (tertiary/aromatic N) is 1. The molecule has 2 nitrogen and oxygen atoms in total. The summed E-state index contributed by atoms with van der Waals surface area (Å²) in [5.41, 5.74) is 1.25. The van der Waals surface area contributed by atoms with Crippen molar-refractivity contribution in [2.75, 3.05) is 13.1 Å². The van der Waals surface area contributed by atoms with Gasteiger partial charge in [-0.3, -0.25) is 9.69 Å². The molecule has 1 aromatic carbocycles. The molecule has 1 aromatic rings. The molecule has 1 fully saturated rings. The van der Waals surface area contributed by atoms with Crippen molar-refractivity contribution in [1.29, 1.82) is 0 Å². The van der Waals surface area contributed by atoms with Gasteiger partial charge in [0, 0.05) is 16.9 Å². The first kappa shape index (κ1) is 12.8. The van der Waals surface area contributed by atoms with Crippen LogP contribution in [0.1, 0.15) is 37.8 Å². The van der Waals surface area contributed by atoms with E-state index >= 15 is 0 Å². The van der Waals surface area contributed by atoms with Gasteiger partial charge in [0.05, 0.1) is 0 Å². The summed E-state index contributed by atoms with van der Waals surface area (Å²) >= 11 is 3.50. The lowest BCUT2D eigenvalue weighted by Gasteiger charge is -2.27. The lowest BCUT2D eigenvalue weighted by atomic mass is 10.0. The Morgan fingerprint density at radius 2 is 2.12 bits per heavy atom. The standard InChI is InChI=1S/C14H18BrNO/c1-11(17)9-14(16-7-2-3-8-16)12-5-4-6-13(15)10-12/h4-6,10,14H,2-3,7-9H2,1H3. The second-order valence-electron chi connectivity index (χ2n) is 4.72. The minimum Gasteiger partial charge on any atom is -0.300 e. The third-order valence-corrected chi connectivity index (χ3v) is 3.79. The lowest BCUT2D eigenvalue weighted by molar-refractivity contribution is -0.118. The minimum absolute atomic E-state index is 0.257. The van der Waals surface area contributed by atoms with Gasteiger partial charge < -0.3 is 0 Å². The Kier molecular flexibility index (Phi) is 4.35. The lowest BCUT2D eigenvalue weighted by Crippen LogP contribution is -2.27. The van der Waals surface area contributed by atoms with Crippen LogP contribution in [-0.4, -0.2) is 23.8 Å². The van der Waals surface area contributed by atoms with Crippen LogP contribution in [0.25, 0.3) is 0 Å². The number of halogens is 1. The number of hydrogen-bond acceptors (Lipinski definition) is 2. The molecule has 0 amide bonds. The molecule has 1 aliphatic rings. The Hall–Kier alpha value is -0.670.